The first kappa shape index (κ1) is 14.4. The molecular weight excluding hydrogens is 218 g/mol. The van der Waals surface area contributed by atoms with Crippen molar-refractivity contribution in [1.29, 1.82) is 0 Å². The maximum atomic E-state index is 11.8. The van der Waals surface area contributed by atoms with Crippen LogP contribution in [-0.2, 0) is 9.53 Å². The first-order valence-corrected chi connectivity index (χ1v) is 6.38. The smallest absolute Gasteiger partial charge is 0.236 e. The van der Waals surface area contributed by atoms with Crippen molar-refractivity contribution in [2.45, 2.75) is 19.4 Å². The Hall–Kier alpha value is -0.650. The van der Waals surface area contributed by atoms with Gasteiger partial charge in [0.2, 0.25) is 5.91 Å². The molecule has 100 valence electrons. The van der Waals surface area contributed by atoms with Gasteiger partial charge in [0.05, 0.1) is 13.2 Å². The van der Waals surface area contributed by atoms with Crippen LogP contribution in [0.5, 0.6) is 0 Å². The normalized spacial score (nSPS) is 21.8. The number of ether oxygens (including phenoxy) is 1. The van der Waals surface area contributed by atoms with Crippen LogP contribution in [0.1, 0.15) is 13.3 Å². The van der Waals surface area contributed by atoms with Gasteiger partial charge in [-0.1, -0.05) is 6.92 Å². The van der Waals surface area contributed by atoms with E-state index in [4.69, 9.17) is 4.74 Å². The third kappa shape index (κ3) is 4.26. The highest BCUT2D eigenvalue weighted by Crippen LogP contribution is 2.12. The zero-order valence-corrected chi connectivity index (χ0v) is 11.2. The fourth-order valence-electron chi connectivity index (χ4n) is 2.27. The third-order valence-electron chi connectivity index (χ3n) is 3.34. The molecule has 0 aromatic carbocycles. The van der Waals surface area contributed by atoms with Gasteiger partial charge in [-0.25, -0.2) is 0 Å². The van der Waals surface area contributed by atoms with Crippen LogP contribution in [0.15, 0.2) is 0 Å². The van der Waals surface area contributed by atoms with Gasteiger partial charge < -0.3 is 15.0 Å². The summed E-state index contributed by atoms with van der Waals surface area (Å²) in [4.78, 5) is 16.2. The van der Waals surface area contributed by atoms with E-state index in [1.54, 1.807) is 7.11 Å². The van der Waals surface area contributed by atoms with Crippen molar-refractivity contribution in [2.24, 2.45) is 0 Å². The van der Waals surface area contributed by atoms with Crippen molar-refractivity contribution < 1.29 is 9.53 Å². The van der Waals surface area contributed by atoms with E-state index >= 15 is 0 Å². The molecule has 1 aliphatic heterocycles. The van der Waals surface area contributed by atoms with E-state index in [1.165, 1.54) is 0 Å². The summed E-state index contributed by atoms with van der Waals surface area (Å²) >= 11 is 0. The van der Waals surface area contributed by atoms with Gasteiger partial charge in [0.25, 0.3) is 0 Å². The van der Waals surface area contributed by atoms with Gasteiger partial charge >= 0.3 is 0 Å². The van der Waals surface area contributed by atoms with Gasteiger partial charge in [0.15, 0.2) is 0 Å². The van der Waals surface area contributed by atoms with E-state index in [0.29, 0.717) is 12.6 Å². The second-order valence-electron chi connectivity index (χ2n) is 4.46. The number of amides is 1. The molecule has 0 saturated carbocycles. The largest absolute Gasteiger partial charge is 0.383 e. The molecule has 1 N–H and O–H groups in total. The second kappa shape index (κ2) is 7.63. The predicted octanol–water partition coefficient (Wildman–Crippen LogP) is -0.225. The number of likely N-dealkylation sites (N-methyl/N-ethyl adjacent to an activating group) is 1. The standard InChI is InChI=1S/C12H25N3O2/c1-4-11-10-15(12(16)9-13-2)6-5-14(11)7-8-17-3/h11,13H,4-10H2,1-3H3. The molecule has 0 bridgehead atoms. The summed E-state index contributed by atoms with van der Waals surface area (Å²) in [5, 5.41) is 2.92. The molecule has 17 heavy (non-hydrogen) atoms. The number of rotatable bonds is 6. The Morgan fingerprint density at radius 1 is 1.47 bits per heavy atom. The number of methoxy groups -OCH3 is 1. The minimum Gasteiger partial charge on any atom is -0.383 e. The summed E-state index contributed by atoms with van der Waals surface area (Å²) in [7, 11) is 3.54. The van der Waals surface area contributed by atoms with Crippen molar-refractivity contribution >= 4 is 5.91 Å². The highest BCUT2D eigenvalue weighted by atomic mass is 16.5. The SMILES string of the molecule is CCC1CN(C(=O)CNC)CCN1CCOC. The summed E-state index contributed by atoms with van der Waals surface area (Å²) in [5.74, 6) is 0.206. The lowest BCUT2D eigenvalue weighted by molar-refractivity contribution is -0.133. The lowest BCUT2D eigenvalue weighted by atomic mass is 10.1. The Morgan fingerprint density at radius 2 is 2.24 bits per heavy atom. The van der Waals surface area contributed by atoms with Gasteiger partial charge in [0.1, 0.15) is 0 Å². The molecule has 5 heteroatoms. The molecular formula is C12H25N3O2. The topological polar surface area (TPSA) is 44.8 Å². The van der Waals surface area contributed by atoms with Crippen LogP contribution in [0.3, 0.4) is 0 Å². The number of nitrogens with zero attached hydrogens (tertiary/aromatic N) is 2. The number of carbonyl (C=O) groups is 1. The average Bonchev–Trinajstić information content (AvgIpc) is 2.36. The summed E-state index contributed by atoms with van der Waals surface area (Å²) < 4.78 is 5.12. The van der Waals surface area contributed by atoms with Crippen LogP contribution < -0.4 is 5.32 Å². The maximum absolute atomic E-state index is 11.8. The van der Waals surface area contributed by atoms with Crippen LogP contribution in [0.4, 0.5) is 0 Å². The Balaban J connectivity index is 2.45. The van der Waals surface area contributed by atoms with Crippen LogP contribution in [0, 0.1) is 0 Å². The Bertz CT molecular complexity index is 236. The number of hydrogen-bond donors (Lipinski definition) is 1. The highest BCUT2D eigenvalue weighted by molar-refractivity contribution is 5.78. The summed E-state index contributed by atoms with van der Waals surface area (Å²) in [5.41, 5.74) is 0. The van der Waals surface area contributed by atoms with Gasteiger partial charge in [-0.15, -0.1) is 0 Å². The second-order valence-corrected chi connectivity index (χ2v) is 4.46. The zero-order valence-electron chi connectivity index (χ0n) is 11.2. The third-order valence-corrected chi connectivity index (χ3v) is 3.34. The van der Waals surface area contributed by atoms with E-state index in [0.717, 1.165) is 39.2 Å². The molecule has 1 fully saturated rings. The van der Waals surface area contributed by atoms with Crippen LogP contribution in [-0.4, -0.2) is 75.2 Å². The van der Waals surface area contributed by atoms with E-state index in [2.05, 4.69) is 17.1 Å². The first-order chi connectivity index (χ1) is 8.22. The number of piperazine rings is 1. The van der Waals surface area contributed by atoms with Crippen LogP contribution >= 0.6 is 0 Å². The predicted molar refractivity (Wildman–Crippen MR) is 68.0 cm³/mol. The van der Waals surface area contributed by atoms with Crippen molar-refractivity contribution in [3.8, 4) is 0 Å². The molecule has 0 aromatic heterocycles. The molecule has 1 saturated heterocycles. The molecule has 5 nitrogen and oxygen atoms in total. The summed E-state index contributed by atoms with van der Waals surface area (Å²) in [6.45, 7) is 6.98. The van der Waals surface area contributed by atoms with Crippen LogP contribution in [0.2, 0.25) is 0 Å². The lowest BCUT2D eigenvalue weighted by Gasteiger charge is -2.41. The summed E-state index contributed by atoms with van der Waals surface area (Å²) in [6, 6.07) is 0.472. The quantitative estimate of drug-likeness (QED) is 0.700. The van der Waals surface area contributed by atoms with E-state index in [-0.39, 0.29) is 5.91 Å². The fraction of sp³-hybridized carbons (Fsp3) is 0.917. The van der Waals surface area contributed by atoms with Gasteiger partial charge in [0, 0.05) is 39.3 Å². The zero-order chi connectivity index (χ0) is 12.7. The molecule has 0 radical (unpaired) electrons. The minimum absolute atomic E-state index is 0.206. The molecule has 1 atom stereocenters. The Kier molecular flexibility index (Phi) is 6.47. The van der Waals surface area contributed by atoms with Crippen LogP contribution in [0.25, 0.3) is 0 Å². The molecule has 1 rings (SSSR count). The Morgan fingerprint density at radius 3 is 2.82 bits per heavy atom. The average molecular weight is 243 g/mol. The molecule has 1 heterocycles. The lowest BCUT2D eigenvalue weighted by Crippen LogP contribution is -2.56. The molecule has 1 unspecified atom stereocenters. The number of hydrogen-bond acceptors (Lipinski definition) is 4. The van der Waals surface area contributed by atoms with Crippen molar-refractivity contribution in [2.75, 3.05) is 53.5 Å². The fourth-order valence-corrected chi connectivity index (χ4v) is 2.27. The highest BCUT2D eigenvalue weighted by Gasteiger charge is 2.27. The van der Waals surface area contributed by atoms with E-state index in [9.17, 15) is 4.79 Å². The van der Waals surface area contributed by atoms with Gasteiger partial charge in [-0.3, -0.25) is 9.69 Å². The Labute approximate surface area is 104 Å². The molecule has 0 spiro atoms. The van der Waals surface area contributed by atoms with Crippen molar-refractivity contribution in [3.63, 3.8) is 0 Å². The molecule has 0 aromatic rings. The van der Waals surface area contributed by atoms with Gasteiger partial charge in [-0.05, 0) is 13.5 Å². The van der Waals surface area contributed by atoms with Crippen molar-refractivity contribution in [3.05, 3.63) is 0 Å². The van der Waals surface area contributed by atoms with Gasteiger partial charge in [-0.2, -0.15) is 0 Å². The number of carbonyl (C=O) groups excluding carboxylic acids is 1. The monoisotopic (exact) mass is 243 g/mol. The van der Waals surface area contributed by atoms with E-state index < -0.39 is 0 Å². The molecule has 1 aliphatic rings. The first-order valence-electron chi connectivity index (χ1n) is 6.38. The maximum Gasteiger partial charge on any atom is 0.236 e. The van der Waals surface area contributed by atoms with E-state index in [1.807, 2.05) is 11.9 Å². The minimum atomic E-state index is 0.206. The molecule has 1 amide bonds. The summed E-state index contributed by atoms with van der Waals surface area (Å²) in [6.07, 6.45) is 1.08. The number of nitrogens with one attached hydrogen (secondary N) is 1. The molecule has 0 aliphatic carbocycles. The van der Waals surface area contributed by atoms with Crippen molar-refractivity contribution in [1.82, 2.24) is 15.1 Å².